The Kier molecular flexibility index (Phi) is 4.35. The predicted octanol–water partition coefficient (Wildman–Crippen LogP) is 2.79. The van der Waals surface area contributed by atoms with Crippen LogP contribution in [0, 0.1) is 0 Å². The number of aromatic nitrogens is 2. The molecule has 4 nitrogen and oxygen atoms in total. The van der Waals surface area contributed by atoms with E-state index in [4.69, 9.17) is 17.3 Å². The first-order valence-electron chi connectivity index (χ1n) is 6.11. The lowest BCUT2D eigenvalue weighted by Gasteiger charge is -2.25. The van der Waals surface area contributed by atoms with Gasteiger partial charge in [0.15, 0.2) is 0 Å². The lowest BCUT2D eigenvalue weighted by Crippen LogP contribution is -2.24. The number of hydrogen-bond acceptors (Lipinski definition) is 4. The maximum absolute atomic E-state index is 6.21. The van der Waals surface area contributed by atoms with Crippen LogP contribution < -0.4 is 10.6 Å². The molecule has 100 valence electrons. The molecular formula is C14H17ClN4. The zero-order valence-electron chi connectivity index (χ0n) is 11.0. The van der Waals surface area contributed by atoms with Gasteiger partial charge in [0.25, 0.3) is 0 Å². The van der Waals surface area contributed by atoms with Gasteiger partial charge in [-0.05, 0) is 18.6 Å². The zero-order valence-corrected chi connectivity index (χ0v) is 11.8. The van der Waals surface area contributed by atoms with Gasteiger partial charge in [0.1, 0.15) is 0 Å². The highest BCUT2D eigenvalue weighted by Crippen LogP contribution is 2.27. The number of nitrogens with two attached hydrogens (primary N) is 1. The first-order chi connectivity index (χ1) is 9.13. The van der Waals surface area contributed by atoms with Crippen molar-refractivity contribution < 1.29 is 0 Å². The maximum Gasteiger partial charge on any atom is 0.225 e. The molecule has 0 aliphatic carbocycles. The van der Waals surface area contributed by atoms with E-state index in [1.54, 1.807) is 12.4 Å². The minimum Gasteiger partial charge on any atom is -0.337 e. The van der Waals surface area contributed by atoms with Gasteiger partial charge in [0, 0.05) is 36.6 Å². The van der Waals surface area contributed by atoms with E-state index in [0.29, 0.717) is 12.5 Å². The Balaban J connectivity index is 2.23. The monoisotopic (exact) mass is 276 g/mol. The van der Waals surface area contributed by atoms with Gasteiger partial charge in [0.05, 0.1) is 6.04 Å². The molecule has 1 aromatic carbocycles. The second kappa shape index (κ2) is 5.99. The molecule has 1 atom stereocenters. The fraction of sp³-hybridized carbons (Fsp3) is 0.286. The van der Waals surface area contributed by atoms with Crippen LogP contribution in [0.3, 0.4) is 0 Å². The summed E-state index contributed by atoms with van der Waals surface area (Å²) in [5.74, 6) is 0.657. The van der Waals surface area contributed by atoms with E-state index >= 15 is 0 Å². The molecule has 1 heterocycles. The third-order valence-electron chi connectivity index (χ3n) is 3.18. The van der Waals surface area contributed by atoms with Gasteiger partial charge in [-0.2, -0.15) is 0 Å². The Morgan fingerprint density at radius 3 is 2.47 bits per heavy atom. The second-order valence-corrected chi connectivity index (χ2v) is 4.81. The summed E-state index contributed by atoms with van der Waals surface area (Å²) in [5.41, 5.74) is 7.51. The number of rotatable bonds is 4. The largest absolute Gasteiger partial charge is 0.337 e. The van der Waals surface area contributed by atoms with Crippen molar-refractivity contribution in [2.24, 2.45) is 5.73 Å². The molecule has 0 saturated heterocycles. The highest BCUT2D eigenvalue weighted by Gasteiger charge is 2.16. The van der Waals surface area contributed by atoms with Crippen molar-refractivity contribution in [3.63, 3.8) is 0 Å². The lowest BCUT2D eigenvalue weighted by molar-refractivity contribution is 0.714. The molecule has 0 aliphatic rings. The normalized spacial score (nSPS) is 12.2. The molecule has 1 aromatic heterocycles. The van der Waals surface area contributed by atoms with Crippen molar-refractivity contribution in [3.05, 3.63) is 52.8 Å². The molecule has 2 N–H and O–H groups in total. The zero-order chi connectivity index (χ0) is 13.8. The minimum atomic E-state index is 0.0948. The summed E-state index contributed by atoms with van der Waals surface area (Å²) < 4.78 is 0. The molecular weight excluding hydrogens is 260 g/mol. The molecule has 2 rings (SSSR count). The fourth-order valence-electron chi connectivity index (χ4n) is 1.83. The molecule has 19 heavy (non-hydrogen) atoms. The van der Waals surface area contributed by atoms with Crippen LogP contribution in [0.15, 0.2) is 36.7 Å². The number of anilines is 1. The Hall–Kier alpha value is -1.65. The summed E-state index contributed by atoms with van der Waals surface area (Å²) in [6, 6.07) is 7.89. The number of hydrogen-bond donors (Lipinski definition) is 1. The molecule has 0 amide bonds. The summed E-state index contributed by atoms with van der Waals surface area (Å²) >= 11 is 6.21. The van der Waals surface area contributed by atoms with E-state index < -0.39 is 0 Å². The van der Waals surface area contributed by atoms with Gasteiger partial charge in [0.2, 0.25) is 5.95 Å². The first-order valence-corrected chi connectivity index (χ1v) is 6.49. The summed E-state index contributed by atoms with van der Waals surface area (Å²) in [4.78, 5) is 10.6. The SMILES string of the molecule is CC(c1ccccc1Cl)N(C)c1ncc(CN)cn1. The Morgan fingerprint density at radius 1 is 1.26 bits per heavy atom. The molecule has 0 saturated carbocycles. The van der Waals surface area contributed by atoms with Crippen molar-refractivity contribution in [2.45, 2.75) is 19.5 Å². The molecule has 0 fully saturated rings. The quantitative estimate of drug-likeness (QED) is 0.933. The summed E-state index contributed by atoms with van der Waals surface area (Å²) in [5, 5.41) is 0.750. The summed E-state index contributed by atoms with van der Waals surface area (Å²) in [6.07, 6.45) is 3.50. The van der Waals surface area contributed by atoms with Crippen LogP contribution >= 0.6 is 11.6 Å². The van der Waals surface area contributed by atoms with Crippen molar-refractivity contribution in [2.75, 3.05) is 11.9 Å². The van der Waals surface area contributed by atoms with Crippen molar-refractivity contribution in [1.29, 1.82) is 0 Å². The highest BCUT2D eigenvalue weighted by molar-refractivity contribution is 6.31. The Labute approximate surface area is 118 Å². The summed E-state index contributed by atoms with van der Waals surface area (Å²) in [7, 11) is 1.95. The number of halogens is 1. The van der Waals surface area contributed by atoms with Crippen LogP contribution in [0.25, 0.3) is 0 Å². The number of benzene rings is 1. The average molecular weight is 277 g/mol. The summed E-state index contributed by atoms with van der Waals surface area (Å²) in [6.45, 7) is 2.52. The van der Waals surface area contributed by atoms with Crippen molar-refractivity contribution in [3.8, 4) is 0 Å². The van der Waals surface area contributed by atoms with Crippen LogP contribution in [-0.4, -0.2) is 17.0 Å². The Morgan fingerprint density at radius 2 is 1.89 bits per heavy atom. The molecule has 0 spiro atoms. The highest BCUT2D eigenvalue weighted by atomic mass is 35.5. The Bertz CT molecular complexity index is 541. The van der Waals surface area contributed by atoms with Crippen LogP contribution in [0.4, 0.5) is 5.95 Å². The molecule has 0 radical (unpaired) electrons. The van der Waals surface area contributed by atoms with Gasteiger partial charge in [-0.25, -0.2) is 9.97 Å². The van der Waals surface area contributed by atoms with Crippen molar-refractivity contribution in [1.82, 2.24) is 9.97 Å². The van der Waals surface area contributed by atoms with Crippen LogP contribution in [0.5, 0.6) is 0 Å². The van der Waals surface area contributed by atoms with Crippen LogP contribution in [-0.2, 0) is 6.54 Å². The third kappa shape index (κ3) is 3.03. The predicted molar refractivity (Wildman–Crippen MR) is 78.2 cm³/mol. The topological polar surface area (TPSA) is 55.0 Å². The second-order valence-electron chi connectivity index (χ2n) is 4.40. The molecule has 1 unspecified atom stereocenters. The smallest absolute Gasteiger partial charge is 0.225 e. The van der Waals surface area contributed by atoms with Gasteiger partial charge >= 0.3 is 0 Å². The van der Waals surface area contributed by atoms with E-state index in [1.165, 1.54) is 0 Å². The van der Waals surface area contributed by atoms with Gasteiger partial charge < -0.3 is 10.6 Å². The van der Waals surface area contributed by atoms with Crippen molar-refractivity contribution >= 4 is 17.5 Å². The van der Waals surface area contributed by atoms with Gasteiger partial charge in [-0.3, -0.25) is 0 Å². The van der Waals surface area contributed by atoms with E-state index in [-0.39, 0.29) is 6.04 Å². The van der Waals surface area contributed by atoms with E-state index in [2.05, 4.69) is 16.9 Å². The first kappa shape index (κ1) is 13.8. The average Bonchev–Trinajstić information content (AvgIpc) is 2.46. The van der Waals surface area contributed by atoms with Crippen LogP contribution in [0.2, 0.25) is 5.02 Å². The molecule has 0 aliphatic heterocycles. The minimum absolute atomic E-state index is 0.0948. The standard InChI is InChI=1S/C14H17ClN4/c1-10(12-5-3-4-6-13(12)15)19(2)14-17-8-11(7-16)9-18-14/h3-6,8-10H,7,16H2,1-2H3. The molecule has 2 aromatic rings. The molecule has 0 bridgehead atoms. The van der Waals surface area contributed by atoms with Gasteiger partial charge in [-0.1, -0.05) is 29.8 Å². The van der Waals surface area contributed by atoms with E-state index in [1.807, 2.05) is 36.2 Å². The third-order valence-corrected chi connectivity index (χ3v) is 3.52. The molecule has 5 heteroatoms. The van der Waals surface area contributed by atoms with Gasteiger partial charge in [-0.15, -0.1) is 0 Å². The number of nitrogens with zero attached hydrogens (tertiary/aromatic N) is 3. The van der Waals surface area contributed by atoms with E-state index in [9.17, 15) is 0 Å². The van der Waals surface area contributed by atoms with E-state index in [0.717, 1.165) is 16.1 Å². The fourth-order valence-corrected chi connectivity index (χ4v) is 2.12. The maximum atomic E-state index is 6.21. The van der Waals surface area contributed by atoms with Crippen LogP contribution in [0.1, 0.15) is 24.1 Å². The lowest BCUT2D eigenvalue weighted by atomic mass is 10.1.